The molecule has 0 radical (unpaired) electrons. The molecule has 4 rings (SSSR count). The van der Waals surface area contributed by atoms with Crippen molar-refractivity contribution >= 4 is 44.1 Å². The van der Waals surface area contributed by atoms with Crippen LogP contribution < -0.4 is 5.32 Å². The first kappa shape index (κ1) is 24.6. The van der Waals surface area contributed by atoms with E-state index in [1.54, 1.807) is 0 Å². The number of fused-ring (bicyclic) bond motifs is 1. The van der Waals surface area contributed by atoms with E-state index in [9.17, 15) is 35.9 Å². The molecule has 35 heavy (non-hydrogen) atoms. The lowest BCUT2D eigenvalue weighted by Gasteiger charge is -2.11. The van der Waals surface area contributed by atoms with Gasteiger partial charge in [0.2, 0.25) is 0 Å². The van der Waals surface area contributed by atoms with Crippen molar-refractivity contribution in [1.29, 1.82) is 0 Å². The molecule has 182 valence electrons. The average Bonchev–Trinajstić information content (AvgIpc) is 3.17. The molecule has 0 atom stereocenters. The van der Waals surface area contributed by atoms with Crippen LogP contribution in [0.3, 0.4) is 0 Å². The van der Waals surface area contributed by atoms with Crippen LogP contribution in [0.4, 0.5) is 23.2 Å². The second kappa shape index (κ2) is 8.95. The van der Waals surface area contributed by atoms with E-state index >= 15 is 0 Å². The van der Waals surface area contributed by atoms with Gasteiger partial charge in [-0.2, -0.15) is 30.8 Å². The summed E-state index contributed by atoms with van der Waals surface area (Å²) in [6.45, 7) is -0.669. The fourth-order valence-electron chi connectivity index (χ4n) is 3.37. The van der Waals surface area contributed by atoms with Gasteiger partial charge in [0.1, 0.15) is 5.82 Å². The van der Waals surface area contributed by atoms with Crippen LogP contribution in [0.15, 0.2) is 65.6 Å². The number of hydrogen-bond acceptors (Lipinski definition) is 5. The SMILES string of the molecule is O=C(Nc1ccc2c(CO)nn(S(=O)(=O)c3cccc(C(F)(F)F)c3)c2c1)c1c(F)cccc1Cl. The van der Waals surface area contributed by atoms with Gasteiger partial charge in [0.15, 0.2) is 0 Å². The van der Waals surface area contributed by atoms with Crippen molar-refractivity contribution in [2.75, 3.05) is 5.32 Å². The number of aliphatic hydroxyl groups excluding tert-OH is 1. The maximum Gasteiger partial charge on any atom is 0.416 e. The number of alkyl halides is 3. The van der Waals surface area contributed by atoms with Gasteiger partial charge in [-0.1, -0.05) is 23.7 Å². The van der Waals surface area contributed by atoms with Crippen LogP contribution in [0.1, 0.15) is 21.6 Å². The molecular weight excluding hydrogens is 514 g/mol. The van der Waals surface area contributed by atoms with Gasteiger partial charge in [0, 0.05) is 11.1 Å². The number of rotatable bonds is 5. The summed E-state index contributed by atoms with van der Waals surface area (Å²) in [5.41, 5.74) is -1.79. The molecule has 2 N–H and O–H groups in total. The minimum atomic E-state index is -4.78. The molecule has 4 aromatic rings. The minimum absolute atomic E-state index is 0.0201. The highest BCUT2D eigenvalue weighted by molar-refractivity contribution is 7.90. The summed E-state index contributed by atoms with van der Waals surface area (Å²) >= 11 is 5.90. The van der Waals surface area contributed by atoms with E-state index in [-0.39, 0.29) is 27.3 Å². The molecule has 0 aliphatic rings. The molecule has 1 heterocycles. The molecule has 0 saturated carbocycles. The van der Waals surface area contributed by atoms with E-state index in [0.717, 1.165) is 24.3 Å². The number of nitrogens with zero attached hydrogens (tertiary/aromatic N) is 2. The molecule has 0 bridgehead atoms. The van der Waals surface area contributed by atoms with Crippen LogP contribution in [0, 0.1) is 5.82 Å². The van der Waals surface area contributed by atoms with Crippen molar-refractivity contribution in [3.63, 3.8) is 0 Å². The number of benzene rings is 3. The lowest BCUT2D eigenvalue weighted by atomic mass is 10.1. The van der Waals surface area contributed by atoms with E-state index in [4.69, 9.17) is 11.6 Å². The molecule has 0 saturated heterocycles. The number of anilines is 1. The number of hydrogen-bond donors (Lipinski definition) is 2. The normalized spacial score (nSPS) is 12.2. The number of halogens is 5. The summed E-state index contributed by atoms with van der Waals surface area (Å²) in [4.78, 5) is 11.9. The second-order valence-electron chi connectivity index (χ2n) is 7.26. The van der Waals surface area contributed by atoms with Gasteiger partial charge >= 0.3 is 6.18 Å². The molecular formula is C22H14ClF4N3O4S. The third-order valence-corrected chi connectivity index (χ3v) is 6.91. The Labute approximate surface area is 200 Å². The molecule has 3 aromatic carbocycles. The Balaban J connectivity index is 1.81. The molecule has 13 heteroatoms. The lowest BCUT2D eigenvalue weighted by molar-refractivity contribution is -0.137. The Kier molecular flexibility index (Phi) is 6.30. The van der Waals surface area contributed by atoms with Crippen LogP contribution >= 0.6 is 11.6 Å². The Morgan fingerprint density at radius 1 is 1.09 bits per heavy atom. The van der Waals surface area contributed by atoms with Crippen molar-refractivity contribution in [3.8, 4) is 0 Å². The summed E-state index contributed by atoms with van der Waals surface area (Å²) < 4.78 is 80.3. The summed E-state index contributed by atoms with van der Waals surface area (Å²) in [6, 6.07) is 10.7. The first-order valence-electron chi connectivity index (χ1n) is 9.74. The molecule has 7 nitrogen and oxygen atoms in total. The fraction of sp³-hybridized carbons (Fsp3) is 0.0909. The van der Waals surface area contributed by atoms with Crippen molar-refractivity contribution in [3.05, 3.63) is 88.3 Å². The average molecular weight is 528 g/mol. The fourth-order valence-corrected chi connectivity index (χ4v) is 4.96. The maximum atomic E-state index is 14.1. The predicted octanol–water partition coefficient (Wildman–Crippen LogP) is 4.83. The highest BCUT2D eigenvalue weighted by Gasteiger charge is 2.32. The van der Waals surface area contributed by atoms with Crippen molar-refractivity contribution in [1.82, 2.24) is 9.19 Å². The quantitative estimate of drug-likeness (QED) is 0.362. The Morgan fingerprint density at radius 2 is 1.80 bits per heavy atom. The van der Waals surface area contributed by atoms with E-state index < -0.39 is 50.6 Å². The molecule has 0 spiro atoms. The zero-order valence-corrected chi connectivity index (χ0v) is 18.9. The Hall–Kier alpha value is -3.48. The molecule has 0 fully saturated rings. The van der Waals surface area contributed by atoms with E-state index in [2.05, 4.69) is 10.4 Å². The monoisotopic (exact) mass is 527 g/mol. The topological polar surface area (TPSA) is 101 Å². The number of aromatic nitrogens is 2. The van der Waals surface area contributed by atoms with Gasteiger partial charge < -0.3 is 10.4 Å². The molecule has 0 unspecified atom stereocenters. The van der Waals surface area contributed by atoms with Crippen molar-refractivity contribution < 1.29 is 35.9 Å². The highest BCUT2D eigenvalue weighted by atomic mass is 35.5. The standard InChI is InChI=1S/C22H14ClF4N3O4S/c23-16-5-2-6-17(24)20(16)21(32)28-13-7-8-15-18(11-31)29-30(19(15)10-13)35(33,34)14-4-1-3-12(9-14)22(25,26)27/h1-10,31H,11H2,(H,28,32). The maximum absolute atomic E-state index is 14.1. The number of aliphatic hydroxyl groups is 1. The zero-order valence-electron chi connectivity index (χ0n) is 17.3. The van der Waals surface area contributed by atoms with E-state index in [1.165, 1.54) is 30.3 Å². The van der Waals surface area contributed by atoms with Gasteiger partial charge in [0.25, 0.3) is 15.9 Å². The number of carbonyl (C=O) groups is 1. The van der Waals surface area contributed by atoms with Gasteiger partial charge in [-0.3, -0.25) is 4.79 Å². The molecule has 0 aliphatic carbocycles. The number of carbonyl (C=O) groups excluding carboxylic acids is 1. The second-order valence-corrected chi connectivity index (χ2v) is 9.44. The van der Waals surface area contributed by atoms with Crippen LogP contribution in [-0.4, -0.2) is 28.6 Å². The summed E-state index contributed by atoms with van der Waals surface area (Å²) in [5.74, 6) is -1.79. The van der Waals surface area contributed by atoms with Gasteiger partial charge in [-0.25, -0.2) is 4.39 Å². The van der Waals surface area contributed by atoms with Crippen molar-refractivity contribution in [2.45, 2.75) is 17.7 Å². The highest BCUT2D eigenvalue weighted by Crippen LogP contribution is 2.32. The largest absolute Gasteiger partial charge is 0.416 e. The van der Waals surface area contributed by atoms with E-state index in [1.807, 2.05) is 0 Å². The summed E-state index contributed by atoms with van der Waals surface area (Å²) in [6.07, 6.45) is -4.78. The molecule has 1 aromatic heterocycles. The van der Waals surface area contributed by atoms with Crippen LogP contribution in [0.5, 0.6) is 0 Å². The number of amides is 1. The Bertz CT molecular complexity index is 1550. The first-order chi connectivity index (χ1) is 16.4. The predicted molar refractivity (Wildman–Crippen MR) is 119 cm³/mol. The van der Waals surface area contributed by atoms with Gasteiger partial charge in [0.05, 0.1) is 38.9 Å². The Morgan fingerprint density at radius 3 is 2.46 bits per heavy atom. The molecule has 0 aliphatic heterocycles. The first-order valence-corrected chi connectivity index (χ1v) is 11.6. The lowest BCUT2D eigenvalue weighted by Crippen LogP contribution is -2.17. The van der Waals surface area contributed by atoms with Crippen LogP contribution in [0.2, 0.25) is 5.02 Å². The molecule has 1 amide bonds. The van der Waals surface area contributed by atoms with Crippen LogP contribution in [-0.2, 0) is 22.8 Å². The number of nitrogens with one attached hydrogen (secondary N) is 1. The van der Waals surface area contributed by atoms with Crippen LogP contribution in [0.25, 0.3) is 10.9 Å². The van der Waals surface area contributed by atoms with Gasteiger partial charge in [-0.15, -0.1) is 0 Å². The summed E-state index contributed by atoms with van der Waals surface area (Å²) in [5, 5.41) is 15.9. The van der Waals surface area contributed by atoms with Gasteiger partial charge in [-0.05, 0) is 48.5 Å². The third-order valence-electron chi connectivity index (χ3n) is 5.01. The van der Waals surface area contributed by atoms with E-state index in [0.29, 0.717) is 10.2 Å². The third kappa shape index (κ3) is 4.59. The minimum Gasteiger partial charge on any atom is -0.390 e. The van der Waals surface area contributed by atoms with Crippen molar-refractivity contribution in [2.24, 2.45) is 0 Å². The summed E-state index contributed by atoms with van der Waals surface area (Å²) in [7, 11) is -4.65. The smallest absolute Gasteiger partial charge is 0.390 e. The zero-order chi connectivity index (χ0) is 25.5.